The fourth-order valence-electron chi connectivity index (χ4n) is 1.55. The standard InChI is InChI=1S/C13H24N4O/c1-4-11(3)16-13(18)6-7-14-8-12-9-15-17(5-2)10-12/h9-11,14H,4-8H2,1-3H3,(H,16,18). The molecule has 1 rings (SSSR count). The van der Waals surface area contributed by atoms with Crippen LogP contribution in [0.4, 0.5) is 0 Å². The lowest BCUT2D eigenvalue weighted by molar-refractivity contribution is -0.121. The highest BCUT2D eigenvalue weighted by atomic mass is 16.1. The summed E-state index contributed by atoms with van der Waals surface area (Å²) in [6, 6.07) is 0.264. The van der Waals surface area contributed by atoms with E-state index >= 15 is 0 Å². The van der Waals surface area contributed by atoms with Gasteiger partial charge in [-0.3, -0.25) is 9.48 Å². The molecule has 0 aliphatic rings. The van der Waals surface area contributed by atoms with E-state index in [1.807, 2.05) is 24.0 Å². The molecule has 0 saturated carbocycles. The minimum atomic E-state index is 0.112. The van der Waals surface area contributed by atoms with Gasteiger partial charge in [0.2, 0.25) is 5.91 Å². The van der Waals surface area contributed by atoms with E-state index in [4.69, 9.17) is 0 Å². The first kappa shape index (κ1) is 14.7. The molecular formula is C13H24N4O. The molecule has 5 heteroatoms. The van der Waals surface area contributed by atoms with Crippen molar-refractivity contribution in [2.45, 2.75) is 52.7 Å². The number of hydrogen-bond acceptors (Lipinski definition) is 3. The van der Waals surface area contributed by atoms with Gasteiger partial charge in [0.15, 0.2) is 0 Å². The van der Waals surface area contributed by atoms with Gasteiger partial charge in [0.05, 0.1) is 6.20 Å². The first-order valence-electron chi connectivity index (χ1n) is 6.67. The summed E-state index contributed by atoms with van der Waals surface area (Å²) >= 11 is 0. The zero-order chi connectivity index (χ0) is 13.4. The van der Waals surface area contributed by atoms with E-state index in [1.165, 1.54) is 0 Å². The topological polar surface area (TPSA) is 59.0 Å². The molecule has 0 aliphatic heterocycles. The van der Waals surface area contributed by atoms with Crippen molar-refractivity contribution in [3.63, 3.8) is 0 Å². The maximum absolute atomic E-state index is 11.5. The minimum Gasteiger partial charge on any atom is -0.354 e. The van der Waals surface area contributed by atoms with E-state index in [9.17, 15) is 4.79 Å². The molecule has 1 unspecified atom stereocenters. The van der Waals surface area contributed by atoms with Crippen LogP contribution in [0.3, 0.4) is 0 Å². The van der Waals surface area contributed by atoms with Gasteiger partial charge in [0.1, 0.15) is 0 Å². The largest absolute Gasteiger partial charge is 0.354 e. The highest BCUT2D eigenvalue weighted by Gasteiger charge is 2.04. The fourth-order valence-corrected chi connectivity index (χ4v) is 1.55. The molecule has 18 heavy (non-hydrogen) atoms. The molecule has 2 N–H and O–H groups in total. The third-order valence-corrected chi connectivity index (χ3v) is 2.89. The second kappa shape index (κ2) is 7.87. The molecule has 1 amide bonds. The van der Waals surface area contributed by atoms with Crippen LogP contribution in [-0.4, -0.2) is 28.3 Å². The number of carbonyl (C=O) groups excluding carboxylic acids is 1. The summed E-state index contributed by atoms with van der Waals surface area (Å²) in [5, 5.41) is 10.4. The van der Waals surface area contributed by atoms with E-state index in [0.717, 1.165) is 25.1 Å². The van der Waals surface area contributed by atoms with Gasteiger partial charge in [0.25, 0.3) is 0 Å². The number of aryl methyl sites for hydroxylation is 1. The Labute approximate surface area is 109 Å². The van der Waals surface area contributed by atoms with Crippen LogP contribution in [0, 0.1) is 0 Å². The highest BCUT2D eigenvalue weighted by molar-refractivity contribution is 5.76. The van der Waals surface area contributed by atoms with Crippen LogP contribution in [0.2, 0.25) is 0 Å². The van der Waals surface area contributed by atoms with Gasteiger partial charge in [-0.25, -0.2) is 0 Å². The zero-order valence-electron chi connectivity index (χ0n) is 11.6. The molecule has 1 aromatic rings. The lowest BCUT2D eigenvalue weighted by Crippen LogP contribution is -2.33. The van der Waals surface area contributed by atoms with Crippen LogP contribution in [0.25, 0.3) is 0 Å². The van der Waals surface area contributed by atoms with Crippen molar-refractivity contribution in [1.29, 1.82) is 0 Å². The summed E-state index contributed by atoms with van der Waals surface area (Å²) in [6.07, 6.45) is 5.36. The van der Waals surface area contributed by atoms with Crippen LogP contribution in [0.5, 0.6) is 0 Å². The summed E-state index contributed by atoms with van der Waals surface area (Å²) in [5.41, 5.74) is 1.15. The summed E-state index contributed by atoms with van der Waals surface area (Å²) < 4.78 is 1.90. The van der Waals surface area contributed by atoms with Crippen molar-refractivity contribution < 1.29 is 4.79 Å². The Kier molecular flexibility index (Phi) is 6.43. The molecule has 1 atom stereocenters. The number of nitrogens with one attached hydrogen (secondary N) is 2. The third-order valence-electron chi connectivity index (χ3n) is 2.89. The maximum atomic E-state index is 11.5. The molecule has 1 heterocycles. The summed E-state index contributed by atoms with van der Waals surface area (Å²) in [4.78, 5) is 11.5. The SMILES string of the molecule is CCC(C)NC(=O)CCNCc1cnn(CC)c1. The number of hydrogen-bond donors (Lipinski definition) is 2. The van der Waals surface area contributed by atoms with Crippen LogP contribution in [0.1, 0.15) is 39.2 Å². The van der Waals surface area contributed by atoms with Crippen molar-refractivity contribution in [1.82, 2.24) is 20.4 Å². The Morgan fingerprint density at radius 1 is 1.50 bits per heavy atom. The van der Waals surface area contributed by atoms with Crippen molar-refractivity contribution in [2.24, 2.45) is 0 Å². The number of amides is 1. The predicted octanol–water partition coefficient (Wildman–Crippen LogP) is 1.30. The zero-order valence-corrected chi connectivity index (χ0v) is 11.6. The molecule has 5 nitrogen and oxygen atoms in total. The Morgan fingerprint density at radius 2 is 2.28 bits per heavy atom. The first-order chi connectivity index (χ1) is 8.65. The van der Waals surface area contributed by atoms with Crippen molar-refractivity contribution in [3.8, 4) is 0 Å². The maximum Gasteiger partial charge on any atom is 0.221 e. The highest BCUT2D eigenvalue weighted by Crippen LogP contribution is 1.97. The molecule has 0 saturated heterocycles. The van der Waals surface area contributed by atoms with Gasteiger partial charge < -0.3 is 10.6 Å². The van der Waals surface area contributed by atoms with Gasteiger partial charge in [-0.05, 0) is 20.3 Å². The van der Waals surface area contributed by atoms with Gasteiger partial charge in [-0.15, -0.1) is 0 Å². The molecule has 0 aromatic carbocycles. The summed E-state index contributed by atoms with van der Waals surface area (Å²) in [7, 11) is 0. The molecule has 0 spiro atoms. The van der Waals surface area contributed by atoms with Crippen LogP contribution < -0.4 is 10.6 Å². The Bertz CT molecular complexity index is 362. The average Bonchev–Trinajstić information content (AvgIpc) is 2.82. The second-order valence-corrected chi connectivity index (χ2v) is 4.51. The average molecular weight is 252 g/mol. The molecule has 0 aliphatic carbocycles. The lowest BCUT2D eigenvalue weighted by atomic mass is 10.2. The van der Waals surface area contributed by atoms with Gasteiger partial charge in [0, 0.05) is 43.9 Å². The molecule has 102 valence electrons. The molecule has 0 bridgehead atoms. The molecule has 1 aromatic heterocycles. The summed E-state index contributed by atoms with van der Waals surface area (Å²) in [6.45, 7) is 8.48. The van der Waals surface area contributed by atoms with Crippen molar-refractivity contribution >= 4 is 5.91 Å². The predicted molar refractivity (Wildman–Crippen MR) is 72.1 cm³/mol. The van der Waals surface area contributed by atoms with Crippen LogP contribution in [0.15, 0.2) is 12.4 Å². The van der Waals surface area contributed by atoms with Crippen molar-refractivity contribution in [3.05, 3.63) is 18.0 Å². The van der Waals surface area contributed by atoms with Crippen molar-refractivity contribution in [2.75, 3.05) is 6.54 Å². The smallest absolute Gasteiger partial charge is 0.221 e. The number of aromatic nitrogens is 2. The van der Waals surface area contributed by atoms with E-state index in [2.05, 4.69) is 29.6 Å². The Hall–Kier alpha value is -1.36. The first-order valence-corrected chi connectivity index (χ1v) is 6.67. The normalized spacial score (nSPS) is 12.4. The Morgan fingerprint density at radius 3 is 2.89 bits per heavy atom. The lowest BCUT2D eigenvalue weighted by Gasteiger charge is -2.11. The van der Waals surface area contributed by atoms with E-state index in [1.54, 1.807) is 0 Å². The number of nitrogens with zero attached hydrogens (tertiary/aromatic N) is 2. The third kappa shape index (κ3) is 5.31. The van der Waals surface area contributed by atoms with Gasteiger partial charge in [-0.2, -0.15) is 5.10 Å². The quantitative estimate of drug-likeness (QED) is 0.686. The molecular weight excluding hydrogens is 228 g/mol. The second-order valence-electron chi connectivity index (χ2n) is 4.51. The Balaban J connectivity index is 2.13. The van der Waals surface area contributed by atoms with Gasteiger partial charge in [-0.1, -0.05) is 6.92 Å². The van der Waals surface area contributed by atoms with E-state index in [-0.39, 0.29) is 11.9 Å². The van der Waals surface area contributed by atoms with Crippen LogP contribution >= 0.6 is 0 Å². The van der Waals surface area contributed by atoms with E-state index in [0.29, 0.717) is 13.0 Å². The molecule has 0 radical (unpaired) electrons. The minimum absolute atomic E-state index is 0.112. The fraction of sp³-hybridized carbons (Fsp3) is 0.692. The van der Waals surface area contributed by atoms with Crippen LogP contribution in [-0.2, 0) is 17.9 Å². The monoisotopic (exact) mass is 252 g/mol. The molecule has 0 fully saturated rings. The van der Waals surface area contributed by atoms with E-state index < -0.39 is 0 Å². The number of carbonyl (C=O) groups is 1. The summed E-state index contributed by atoms with van der Waals surface area (Å²) in [5.74, 6) is 0.112. The van der Waals surface area contributed by atoms with Gasteiger partial charge >= 0.3 is 0 Å². The number of rotatable bonds is 8.